The fourth-order valence-corrected chi connectivity index (χ4v) is 2.99. The molecule has 1 aromatic heterocycles. The Labute approximate surface area is 141 Å². The van der Waals surface area contributed by atoms with Crippen LogP contribution in [0.5, 0.6) is 0 Å². The number of fused-ring (bicyclic) bond motifs is 2. The third kappa shape index (κ3) is 2.66. The van der Waals surface area contributed by atoms with Gasteiger partial charge in [0.05, 0.1) is 23.8 Å². The third-order valence-electron chi connectivity index (χ3n) is 3.86. The average molecular weight is 322 g/mol. The maximum atomic E-state index is 5.42. The molecule has 0 fully saturated rings. The van der Waals surface area contributed by atoms with Gasteiger partial charge < -0.3 is 4.74 Å². The van der Waals surface area contributed by atoms with Crippen LogP contribution >= 0.6 is 12.2 Å². The van der Waals surface area contributed by atoms with Crippen molar-refractivity contribution in [2.24, 2.45) is 0 Å². The van der Waals surface area contributed by atoms with Crippen LogP contribution in [0.1, 0.15) is 5.56 Å². The molecule has 0 unspecified atom stereocenters. The second kappa shape index (κ2) is 6.34. The smallest absolute Gasteiger partial charge is 0.263 e. The summed E-state index contributed by atoms with van der Waals surface area (Å²) in [7, 11) is 1.59. The summed E-state index contributed by atoms with van der Waals surface area (Å²) in [5, 5.41) is 2.53. The number of rotatable bonds is 3. The van der Waals surface area contributed by atoms with E-state index in [2.05, 4.69) is 31.7 Å². The third-order valence-corrected chi connectivity index (χ3v) is 4.25. The Hall–Kier alpha value is -2.46. The minimum atomic E-state index is 0.420. The predicted octanol–water partition coefficient (Wildman–Crippen LogP) is 4.62. The van der Waals surface area contributed by atoms with E-state index in [-0.39, 0.29) is 0 Å². The molecule has 4 heteroatoms. The molecule has 23 heavy (non-hydrogen) atoms. The summed E-state index contributed by atoms with van der Waals surface area (Å²) in [4.78, 5) is 6.80. The monoisotopic (exact) mass is 322 g/mol. The molecule has 3 rings (SSSR count). The van der Waals surface area contributed by atoms with Crippen LogP contribution in [0, 0.1) is 6.92 Å². The van der Waals surface area contributed by atoms with Crippen molar-refractivity contribution < 1.29 is 4.74 Å². The number of aromatic nitrogens is 1. The van der Waals surface area contributed by atoms with Crippen LogP contribution in [0.3, 0.4) is 0 Å². The summed E-state index contributed by atoms with van der Waals surface area (Å²) >= 11 is 5.42. The van der Waals surface area contributed by atoms with Gasteiger partial charge in [-0.1, -0.05) is 42.5 Å². The largest absolute Gasteiger partial charge is 0.474 e. The van der Waals surface area contributed by atoms with Crippen LogP contribution in [0.4, 0.5) is 5.69 Å². The SMILES string of the molecule is C=CCN(C(=S)OC)c1c2ccccc2nc2c(C)cccc12. The number of benzene rings is 2. The van der Waals surface area contributed by atoms with Crippen molar-refractivity contribution in [2.45, 2.75) is 6.92 Å². The Bertz CT molecular complexity index is 904. The molecule has 0 aliphatic heterocycles. The van der Waals surface area contributed by atoms with Gasteiger partial charge in [-0.25, -0.2) is 4.98 Å². The Morgan fingerprint density at radius 3 is 2.70 bits per heavy atom. The lowest BCUT2D eigenvalue weighted by Gasteiger charge is -2.25. The highest BCUT2D eigenvalue weighted by atomic mass is 32.1. The first kappa shape index (κ1) is 15.4. The zero-order valence-electron chi connectivity index (χ0n) is 13.2. The molecule has 0 amide bonds. The van der Waals surface area contributed by atoms with E-state index in [0.717, 1.165) is 33.1 Å². The fraction of sp³-hybridized carbons (Fsp3) is 0.158. The number of methoxy groups -OCH3 is 1. The van der Waals surface area contributed by atoms with Crippen molar-refractivity contribution in [3.05, 3.63) is 60.7 Å². The molecule has 0 spiro atoms. The first-order valence-corrected chi connectivity index (χ1v) is 7.82. The van der Waals surface area contributed by atoms with Crippen LogP contribution < -0.4 is 4.90 Å². The van der Waals surface area contributed by atoms with Gasteiger partial charge in [-0.15, -0.1) is 6.58 Å². The molecular weight excluding hydrogens is 304 g/mol. The van der Waals surface area contributed by atoms with Gasteiger partial charge in [0.1, 0.15) is 0 Å². The zero-order valence-corrected chi connectivity index (χ0v) is 14.1. The first-order valence-electron chi connectivity index (χ1n) is 7.42. The van der Waals surface area contributed by atoms with E-state index in [0.29, 0.717) is 11.7 Å². The van der Waals surface area contributed by atoms with Crippen LogP contribution in [0.25, 0.3) is 21.8 Å². The standard InChI is InChI=1S/C19H18N2OS/c1-4-12-21(19(23)22-3)18-14-9-5-6-11-16(14)20-17-13(2)8-7-10-15(17)18/h4-11H,1,12H2,2-3H3. The van der Waals surface area contributed by atoms with Gasteiger partial charge in [0.2, 0.25) is 0 Å². The highest BCUT2D eigenvalue weighted by molar-refractivity contribution is 7.80. The molecule has 0 bridgehead atoms. The van der Waals surface area contributed by atoms with Crippen LogP contribution in [0.2, 0.25) is 0 Å². The molecule has 2 aromatic carbocycles. The predicted molar refractivity (Wildman–Crippen MR) is 101 cm³/mol. The topological polar surface area (TPSA) is 25.4 Å². The van der Waals surface area contributed by atoms with E-state index in [1.165, 1.54) is 0 Å². The van der Waals surface area contributed by atoms with Gasteiger partial charge in [-0.3, -0.25) is 4.90 Å². The summed E-state index contributed by atoms with van der Waals surface area (Å²) < 4.78 is 5.34. The van der Waals surface area contributed by atoms with Crippen LogP contribution in [0.15, 0.2) is 55.1 Å². The second-order valence-electron chi connectivity index (χ2n) is 5.32. The van der Waals surface area contributed by atoms with Gasteiger partial charge in [0, 0.05) is 17.3 Å². The molecule has 0 atom stereocenters. The van der Waals surface area contributed by atoms with Crippen molar-refractivity contribution in [1.29, 1.82) is 0 Å². The number of hydrogen-bond donors (Lipinski definition) is 0. The quantitative estimate of drug-likeness (QED) is 0.399. The minimum Gasteiger partial charge on any atom is -0.474 e. The van der Waals surface area contributed by atoms with E-state index in [4.69, 9.17) is 21.9 Å². The molecule has 0 aliphatic rings. The fourth-order valence-electron chi connectivity index (χ4n) is 2.82. The van der Waals surface area contributed by atoms with Gasteiger partial charge in [-0.05, 0) is 30.8 Å². The Morgan fingerprint density at radius 1 is 1.22 bits per heavy atom. The van der Waals surface area contributed by atoms with Crippen molar-refractivity contribution >= 4 is 44.9 Å². The normalized spacial score (nSPS) is 10.7. The average Bonchev–Trinajstić information content (AvgIpc) is 2.58. The zero-order chi connectivity index (χ0) is 16.4. The van der Waals surface area contributed by atoms with Crippen molar-refractivity contribution in [2.75, 3.05) is 18.6 Å². The molecule has 3 aromatic rings. The van der Waals surface area contributed by atoms with Gasteiger partial charge in [0.25, 0.3) is 5.17 Å². The lowest BCUT2D eigenvalue weighted by Crippen LogP contribution is -2.31. The summed E-state index contributed by atoms with van der Waals surface area (Å²) in [6, 6.07) is 14.3. The number of pyridine rings is 1. The van der Waals surface area contributed by atoms with Crippen molar-refractivity contribution in [3.8, 4) is 0 Å². The maximum absolute atomic E-state index is 5.42. The highest BCUT2D eigenvalue weighted by Gasteiger charge is 2.19. The van der Waals surface area contributed by atoms with Gasteiger partial charge >= 0.3 is 0 Å². The first-order chi connectivity index (χ1) is 11.2. The van der Waals surface area contributed by atoms with E-state index in [1.807, 2.05) is 35.2 Å². The lowest BCUT2D eigenvalue weighted by atomic mass is 10.0. The Balaban J connectivity index is 2.45. The molecule has 0 N–H and O–H groups in total. The molecule has 116 valence electrons. The lowest BCUT2D eigenvalue weighted by molar-refractivity contribution is 0.404. The number of para-hydroxylation sites is 2. The second-order valence-corrected chi connectivity index (χ2v) is 5.67. The summed E-state index contributed by atoms with van der Waals surface area (Å²) in [6.45, 7) is 6.49. The number of aryl methyl sites for hydroxylation is 1. The molecule has 0 aliphatic carbocycles. The van der Waals surface area contributed by atoms with Crippen molar-refractivity contribution in [1.82, 2.24) is 4.98 Å². The van der Waals surface area contributed by atoms with E-state index in [9.17, 15) is 0 Å². The van der Waals surface area contributed by atoms with E-state index < -0.39 is 0 Å². The minimum absolute atomic E-state index is 0.420. The molecule has 0 radical (unpaired) electrons. The van der Waals surface area contributed by atoms with Crippen LogP contribution in [-0.2, 0) is 4.74 Å². The van der Waals surface area contributed by atoms with Gasteiger partial charge in [-0.2, -0.15) is 0 Å². The summed E-state index contributed by atoms with van der Waals surface area (Å²) in [6.07, 6.45) is 1.82. The summed E-state index contributed by atoms with van der Waals surface area (Å²) in [5.74, 6) is 0. The van der Waals surface area contributed by atoms with E-state index in [1.54, 1.807) is 7.11 Å². The Morgan fingerprint density at radius 2 is 1.96 bits per heavy atom. The molecule has 0 saturated carbocycles. The highest BCUT2D eigenvalue weighted by Crippen LogP contribution is 2.35. The van der Waals surface area contributed by atoms with Crippen molar-refractivity contribution in [3.63, 3.8) is 0 Å². The molecule has 3 nitrogen and oxygen atoms in total. The molecular formula is C19H18N2OS. The van der Waals surface area contributed by atoms with Gasteiger partial charge in [0.15, 0.2) is 0 Å². The number of hydrogen-bond acceptors (Lipinski definition) is 3. The maximum Gasteiger partial charge on any atom is 0.263 e. The molecule has 1 heterocycles. The van der Waals surface area contributed by atoms with Crippen LogP contribution in [-0.4, -0.2) is 23.8 Å². The number of thiocarbonyl (C=S) groups is 1. The number of anilines is 1. The number of ether oxygens (including phenoxy) is 1. The molecule has 0 saturated heterocycles. The summed E-state index contributed by atoms with van der Waals surface area (Å²) in [5.41, 5.74) is 4.07. The number of nitrogens with zero attached hydrogens (tertiary/aromatic N) is 2. The Kier molecular flexibility index (Phi) is 4.26. The van der Waals surface area contributed by atoms with E-state index >= 15 is 0 Å².